The first-order valence-corrected chi connectivity index (χ1v) is 10.0. The van der Waals surface area contributed by atoms with Crippen LogP contribution in [0, 0.1) is 11.3 Å². The highest BCUT2D eigenvalue weighted by molar-refractivity contribution is 6.30. The first-order valence-electron chi connectivity index (χ1n) is 9.63. The highest BCUT2D eigenvalue weighted by Crippen LogP contribution is 2.38. The molecule has 1 saturated heterocycles. The summed E-state index contributed by atoms with van der Waals surface area (Å²) in [4.78, 5) is 26.8. The Hall–Kier alpha value is -1.55. The van der Waals surface area contributed by atoms with Gasteiger partial charge in [0.25, 0.3) is 0 Å². The Bertz CT molecular complexity index is 658. The number of carbonyl (C=O) groups excluding carboxylic acids is 2. The molecule has 0 bridgehead atoms. The summed E-state index contributed by atoms with van der Waals surface area (Å²) in [5.41, 5.74) is 1.08. The molecule has 0 aromatic heterocycles. The van der Waals surface area contributed by atoms with E-state index in [4.69, 9.17) is 11.6 Å². The smallest absolute Gasteiger partial charge is 0.243 e. The van der Waals surface area contributed by atoms with E-state index in [2.05, 4.69) is 26.1 Å². The van der Waals surface area contributed by atoms with Crippen molar-refractivity contribution in [2.24, 2.45) is 11.3 Å². The van der Waals surface area contributed by atoms with Crippen molar-refractivity contribution >= 4 is 29.1 Å². The Kier molecular flexibility index (Phi) is 5.61. The maximum Gasteiger partial charge on any atom is 0.243 e. The van der Waals surface area contributed by atoms with Crippen molar-refractivity contribution in [2.75, 3.05) is 4.90 Å². The second kappa shape index (κ2) is 7.59. The fraction of sp³-hybridized carbons (Fsp3) is 0.619. The minimum absolute atomic E-state index is 0.00362. The van der Waals surface area contributed by atoms with Crippen LogP contribution in [-0.2, 0) is 9.59 Å². The third-order valence-electron chi connectivity index (χ3n) is 5.92. The molecule has 26 heavy (non-hydrogen) atoms. The molecule has 2 fully saturated rings. The number of amides is 2. The van der Waals surface area contributed by atoms with E-state index in [1.165, 1.54) is 0 Å². The van der Waals surface area contributed by atoms with Crippen LogP contribution in [0.5, 0.6) is 0 Å². The van der Waals surface area contributed by atoms with E-state index in [1.54, 1.807) is 29.2 Å². The highest BCUT2D eigenvalue weighted by atomic mass is 35.5. The van der Waals surface area contributed by atoms with Gasteiger partial charge in [-0.3, -0.25) is 14.5 Å². The molecule has 1 saturated carbocycles. The molecule has 1 atom stereocenters. The van der Waals surface area contributed by atoms with Crippen LogP contribution < -0.4 is 10.2 Å². The molecule has 142 valence electrons. The van der Waals surface area contributed by atoms with Crippen molar-refractivity contribution in [3.05, 3.63) is 29.3 Å². The number of anilines is 1. The molecule has 1 aromatic rings. The number of rotatable bonds is 3. The minimum Gasteiger partial charge on any atom is -0.352 e. The van der Waals surface area contributed by atoms with Crippen molar-refractivity contribution in [3.63, 3.8) is 0 Å². The first kappa shape index (κ1) is 19.2. The zero-order chi connectivity index (χ0) is 18.9. The van der Waals surface area contributed by atoms with Gasteiger partial charge in [-0.15, -0.1) is 0 Å². The molecule has 1 N–H and O–H groups in total. The second-order valence-electron chi connectivity index (χ2n) is 8.72. The van der Waals surface area contributed by atoms with Gasteiger partial charge in [0, 0.05) is 23.2 Å². The van der Waals surface area contributed by atoms with Crippen LogP contribution in [0.15, 0.2) is 24.3 Å². The summed E-state index contributed by atoms with van der Waals surface area (Å²) >= 11 is 5.94. The van der Waals surface area contributed by atoms with Crippen LogP contribution in [0.2, 0.25) is 5.02 Å². The van der Waals surface area contributed by atoms with Crippen LogP contribution >= 0.6 is 11.6 Å². The van der Waals surface area contributed by atoms with E-state index in [1.807, 2.05) is 0 Å². The summed E-state index contributed by atoms with van der Waals surface area (Å²) < 4.78 is 0. The van der Waals surface area contributed by atoms with E-state index in [-0.39, 0.29) is 17.9 Å². The summed E-state index contributed by atoms with van der Waals surface area (Å²) in [6.07, 6.45) is 5.34. The van der Waals surface area contributed by atoms with Gasteiger partial charge in [0.15, 0.2) is 0 Å². The van der Waals surface area contributed by atoms with Gasteiger partial charge in [0.2, 0.25) is 11.8 Å². The fourth-order valence-electron chi connectivity index (χ4n) is 4.26. The van der Waals surface area contributed by atoms with Crippen LogP contribution in [-0.4, -0.2) is 23.9 Å². The summed E-state index contributed by atoms with van der Waals surface area (Å²) in [5.74, 6) is 0.697. The standard InChI is InChI=1S/C21H29ClN2O2/c1-21(2,3)14-4-8-16(9-5-14)23-20(26)18-12-13-19(25)24(18)17-10-6-15(22)7-11-17/h6-7,10-11,14,16,18H,4-5,8-9,12-13H2,1-3H3,(H,23,26)/t14?,16?,18-/m0/s1. The lowest BCUT2D eigenvalue weighted by Gasteiger charge is -2.37. The molecule has 0 unspecified atom stereocenters. The van der Waals surface area contributed by atoms with Gasteiger partial charge < -0.3 is 5.32 Å². The zero-order valence-electron chi connectivity index (χ0n) is 15.9. The lowest BCUT2D eigenvalue weighted by atomic mass is 9.71. The van der Waals surface area contributed by atoms with Gasteiger partial charge in [0.05, 0.1) is 0 Å². The number of nitrogens with zero attached hydrogens (tertiary/aromatic N) is 1. The number of halogens is 1. The van der Waals surface area contributed by atoms with Crippen molar-refractivity contribution < 1.29 is 9.59 Å². The third kappa shape index (κ3) is 4.22. The van der Waals surface area contributed by atoms with E-state index < -0.39 is 6.04 Å². The average Bonchev–Trinajstić information content (AvgIpc) is 2.97. The van der Waals surface area contributed by atoms with Gasteiger partial charge in [0.1, 0.15) is 6.04 Å². The molecule has 0 spiro atoms. The number of hydrogen-bond acceptors (Lipinski definition) is 2. The summed E-state index contributed by atoms with van der Waals surface area (Å²) in [6.45, 7) is 6.89. The molecule has 0 radical (unpaired) electrons. The van der Waals surface area contributed by atoms with Crippen LogP contribution in [0.25, 0.3) is 0 Å². The Morgan fingerprint density at radius 1 is 1.08 bits per heavy atom. The predicted molar refractivity (Wildman–Crippen MR) is 105 cm³/mol. The number of nitrogens with one attached hydrogen (secondary N) is 1. The summed E-state index contributed by atoms with van der Waals surface area (Å²) in [6, 6.07) is 6.94. The van der Waals surface area contributed by atoms with Crippen LogP contribution in [0.4, 0.5) is 5.69 Å². The van der Waals surface area contributed by atoms with Gasteiger partial charge in [-0.2, -0.15) is 0 Å². The molecule has 1 aliphatic carbocycles. The summed E-state index contributed by atoms with van der Waals surface area (Å²) in [7, 11) is 0. The van der Waals surface area contributed by atoms with Gasteiger partial charge in [-0.05, 0) is 67.7 Å². The minimum atomic E-state index is -0.413. The van der Waals surface area contributed by atoms with Gasteiger partial charge in [-0.1, -0.05) is 32.4 Å². The normalized spacial score (nSPS) is 26.8. The van der Waals surface area contributed by atoms with Gasteiger partial charge in [-0.25, -0.2) is 0 Å². The average molecular weight is 377 g/mol. The quantitative estimate of drug-likeness (QED) is 0.840. The lowest BCUT2D eigenvalue weighted by Crippen LogP contribution is -2.49. The van der Waals surface area contributed by atoms with Crippen molar-refractivity contribution in [1.29, 1.82) is 0 Å². The largest absolute Gasteiger partial charge is 0.352 e. The van der Waals surface area contributed by atoms with Crippen molar-refractivity contribution in [3.8, 4) is 0 Å². The maximum absolute atomic E-state index is 12.9. The Labute approximate surface area is 161 Å². The lowest BCUT2D eigenvalue weighted by molar-refractivity contribution is -0.124. The van der Waals surface area contributed by atoms with Crippen molar-refractivity contribution in [1.82, 2.24) is 5.32 Å². The topological polar surface area (TPSA) is 49.4 Å². The first-order chi connectivity index (χ1) is 12.3. The Morgan fingerprint density at radius 3 is 2.27 bits per heavy atom. The predicted octanol–water partition coefficient (Wildman–Crippen LogP) is 4.56. The fourth-order valence-corrected chi connectivity index (χ4v) is 4.38. The monoisotopic (exact) mass is 376 g/mol. The summed E-state index contributed by atoms with van der Waals surface area (Å²) in [5, 5.41) is 3.83. The van der Waals surface area contributed by atoms with E-state index >= 15 is 0 Å². The van der Waals surface area contributed by atoms with Crippen LogP contribution in [0.1, 0.15) is 59.3 Å². The van der Waals surface area contributed by atoms with Crippen molar-refractivity contribution in [2.45, 2.75) is 71.4 Å². The third-order valence-corrected chi connectivity index (χ3v) is 6.17. The number of carbonyl (C=O) groups is 2. The zero-order valence-corrected chi connectivity index (χ0v) is 16.7. The molecule has 1 heterocycles. The molecular weight excluding hydrogens is 348 g/mol. The molecule has 4 nitrogen and oxygen atoms in total. The highest BCUT2D eigenvalue weighted by Gasteiger charge is 2.38. The number of benzene rings is 1. The molecule has 1 aliphatic heterocycles. The Morgan fingerprint density at radius 2 is 1.69 bits per heavy atom. The van der Waals surface area contributed by atoms with E-state index in [9.17, 15) is 9.59 Å². The number of hydrogen-bond donors (Lipinski definition) is 1. The molecule has 5 heteroatoms. The molecule has 2 amide bonds. The van der Waals surface area contributed by atoms with Crippen LogP contribution in [0.3, 0.4) is 0 Å². The second-order valence-corrected chi connectivity index (χ2v) is 9.15. The Balaban J connectivity index is 1.62. The van der Waals surface area contributed by atoms with Gasteiger partial charge >= 0.3 is 0 Å². The molecule has 1 aromatic carbocycles. The maximum atomic E-state index is 12.9. The molecular formula is C21H29ClN2O2. The van der Waals surface area contributed by atoms with E-state index in [0.717, 1.165) is 31.4 Å². The van der Waals surface area contributed by atoms with E-state index in [0.29, 0.717) is 29.2 Å². The SMILES string of the molecule is CC(C)(C)C1CCC(NC(=O)[C@@H]2CCC(=O)N2c2ccc(Cl)cc2)CC1. The molecule has 2 aliphatic rings. The molecule has 3 rings (SSSR count).